The molecule has 0 aromatic carbocycles. The molecule has 3 heterocycles. The highest BCUT2D eigenvalue weighted by atomic mass is 32.1. The van der Waals surface area contributed by atoms with Gasteiger partial charge in [-0.15, -0.1) is 11.3 Å². The standard InChI is InChI=1S/C19H29N3O3S/c1-19(2,3)25-18(24)22-9-4-5-15(22)17(23)20-8-11-21-10-6-16-14(13-21)7-12-26-16/h7,12,15H,4-6,8-11,13H2,1-3H3,(H,20,23). The van der Waals surface area contributed by atoms with Crippen LogP contribution in [0, 0.1) is 0 Å². The van der Waals surface area contributed by atoms with E-state index in [1.165, 1.54) is 10.4 Å². The van der Waals surface area contributed by atoms with Gasteiger partial charge in [0.25, 0.3) is 0 Å². The van der Waals surface area contributed by atoms with Gasteiger partial charge in [0.1, 0.15) is 11.6 Å². The van der Waals surface area contributed by atoms with E-state index in [1.54, 1.807) is 4.90 Å². The van der Waals surface area contributed by atoms with Crippen molar-refractivity contribution in [3.63, 3.8) is 0 Å². The van der Waals surface area contributed by atoms with Gasteiger partial charge in [-0.25, -0.2) is 4.79 Å². The Morgan fingerprint density at radius 1 is 1.35 bits per heavy atom. The van der Waals surface area contributed by atoms with Crippen LogP contribution >= 0.6 is 11.3 Å². The summed E-state index contributed by atoms with van der Waals surface area (Å²) >= 11 is 1.83. The van der Waals surface area contributed by atoms with E-state index in [2.05, 4.69) is 21.7 Å². The molecule has 7 heteroatoms. The van der Waals surface area contributed by atoms with Crippen LogP contribution in [0.2, 0.25) is 0 Å². The Morgan fingerprint density at radius 3 is 2.92 bits per heavy atom. The molecule has 1 N–H and O–H groups in total. The van der Waals surface area contributed by atoms with E-state index >= 15 is 0 Å². The molecule has 0 saturated carbocycles. The van der Waals surface area contributed by atoms with Crippen molar-refractivity contribution in [1.29, 1.82) is 0 Å². The van der Waals surface area contributed by atoms with Crippen molar-refractivity contribution in [1.82, 2.24) is 15.1 Å². The van der Waals surface area contributed by atoms with Crippen LogP contribution in [0.1, 0.15) is 44.1 Å². The summed E-state index contributed by atoms with van der Waals surface area (Å²) in [7, 11) is 0. The Kier molecular flexibility index (Phi) is 5.87. The van der Waals surface area contributed by atoms with Crippen molar-refractivity contribution < 1.29 is 14.3 Å². The van der Waals surface area contributed by atoms with Crippen molar-refractivity contribution in [2.75, 3.05) is 26.2 Å². The van der Waals surface area contributed by atoms with Gasteiger partial charge in [-0.3, -0.25) is 14.6 Å². The molecular formula is C19H29N3O3S. The number of rotatable bonds is 4. The second-order valence-corrected chi connectivity index (χ2v) is 9.02. The SMILES string of the molecule is CC(C)(C)OC(=O)N1CCCC1C(=O)NCCN1CCc2sccc2C1. The zero-order valence-electron chi connectivity index (χ0n) is 15.9. The van der Waals surface area contributed by atoms with Crippen molar-refractivity contribution >= 4 is 23.3 Å². The Morgan fingerprint density at radius 2 is 2.15 bits per heavy atom. The molecule has 0 spiro atoms. The number of carbonyl (C=O) groups excluding carboxylic acids is 2. The molecule has 1 aromatic rings. The third-order valence-electron chi connectivity index (χ3n) is 4.80. The molecule has 2 aliphatic rings. The minimum absolute atomic E-state index is 0.0680. The van der Waals surface area contributed by atoms with Gasteiger partial charge in [0.05, 0.1) is 0 Å². The molecule has 2 aliphatic heterocycles. The zero-order valence-corrected chi connectivity index (χ0v) is 16.7. The smallest absolute Gasteiger partial charge is 0.410 e. The molecule has 1 aromatic heterocycles. The predicted octanol–water partition coefficient (Wildman–Crippen LogP) is 2.62. The fourth-order valence-corrected chi connectivity index (χ4v) is 4.42. The first-order chi connectivity index (χ1) is 12.3. The number of likely N-dealkylation sites (tertiary alicyclic amines) is 1. The molecule has 0 bridgehead atoms. The highest BCUT2D eigenvalue weighted by Gasteiger charge is 2.36. The first-order valence-electron chi connectivity index (χ1n) is 9.38. The largest absolute Gasteiger partial charge is 0.444 e. The Labute approximate surface area is 159 Å². The van der Waals surface area contributed by atoms with Gasteiger partial charge in [0, 0.05) is 37.6 Å². The third-order valence-corrected chi connectivity index (χ3v) is 5.82. The van der Waals surface area contributed by atoms with Gasteiger partial charge < -0.3 is 10.1 Å². The maximum absolute atomic E-state index is 12.5. The van der Waals surface area contributed by atoms with E-state index in [9.17, 15) is 9.59 Å². The minimum Gasteiger partial charge on any atom is -0.444 e. The molecular weight excluding hydrogens is 350 g/mol. The maximum atomic E-state index is 12.5. The van der Waals surface area contributed by atoms with Gasteiger partial charge in [-0.1, -0.05) is 0 Å². The Hall–Kier alpha value is -1.60. The van der Waals surface area contributed by atoms with Crippen LogP contribution in [-0.2, 0) is 22.5 Å². The van der Waals surface area contributed by atoms with E-state index in [0.29, 0.717) is 19.5 Å². The molecule has 2 amide bonds. The lowest BCUT2D eigenvalue weighted by Crippen LogP contribution is -2.48. The molecule has 3 rings (SSSR count). The normalized spacial score (nSPS) is 20.7. The number of thiophene rings is 1. The molecule has 1 atom stereocenters. The van der Waals surface area contributed by atoms with Crippen LogP contribution in [0.15, 0.2) is 11.4 Å². The lowest BCUT2D eigenvalue weighted by molar-refractivity contribution is -0.125. The molecule has 1 fully saturated rings. The monoisotopic (exact) mass is 379 g/mol. The van der Waals surface area contributed by atoms with E-state index in [-0.39, 0.29) is 5.91 Å². The van der Waals surface area contributed by atoms with Crippen LogP contribution in [-0.4, -0.2) is 59.6 Å². The topological polar surface area (TPSA) is 61.9 Å². The zero-order chi connectivity index (χ0) is 18.7. The number of hydrogen-bond acceptors (Lipinski definition) is 5. The highest BCUT2D eigenvalue weighted by molar-refractivity contribution is 7.10. The first-order valence-corrected chi connectivity index (χ1v) is 10.3. The first kappa shape index (κ1) is 19.2. The maximum Gasteiger partial charge on any atom is 0.410 e. The molecule has 144 valence electrons. The second kappa shape index (κ2) is 7.96. The second-order valence-electron chi connectivity index (χ2n) is 8.02. The summed E-state index contributed by atoms with van der Waals surface area (Å²) in [6, 6.07) is 1.79. The number of carbonyl (C=O) groups is 2. The van der Waals surface area contributed by atoms with Crippen molar-refractivity contribution in [3.8, 4) is 0 Å². The van der Waals surface area contributed by atoms with Gasteiger partial charge >= 0.3 is 6.09 Å². The number of fused-ring (bicyclic) bond motifs is 1. The third kappa shape index (κ3) is 4.76. The van der Waals surface area contributed by atoms with Crippen molar-refractivity contribution in [3.05, 3.63) is 21.9 Å². The fraction of sp³-hybridized carbons (Fsp3) is 0.684. The summed E-state index contributed by atoms with van der Waals surface area (Å²) in [4.78, 5) is 30.3. The number of hydrogen-bond donors (Lipinski definition) is 1. The van der Waals surface area contributed by atoms with Gasteiger partial charge in [-0.05, 0) is 57.0 Å². The average molecular weight is 380 g/mol. The summed E-state index contributed by atoms with van der Waals surface area (Å²) in [6.07, 6.45) is 2.24. The highest BCUT2D eigenvalue weighted by Crippen LogP contribution is 2.24. The number of nitrogens with one attached hydrogen (secondary N) is 1. The summed E-state index contributed by atoms with van der Waals surface area (Å²) in [6.45, 7) is 9.55. The molecule has 1 unspecified atom stereocenters. The Bertz CT molecular complexity index is 653. The van der Waals surface area contributed by atoms with Crippen molar-refractivity contribution in [2.45, 2.75) is 58.2 Å². The molecule has 0 aliphatic carbocycles. The van der Waals surface area contributed by atoms with Crippen LogP contribution in [0.3, 0.4) is 0 Å². The van der Waals surface area contributed by atoms with Crippen molar-refractivity contribution in [2.24, 2.45) is 0 Å². The Balaban J connectivity index is 1.45. The van der Waals surface area contributed by atoms with Crippen LogP contribution in [0.25, 0.3) is 0 Å². The van der Waals surface area contributed by atoms with Crippen LogP contribution in [0.4, 0.5) is 4.79 Å². The molecule has 0 radical (unpaired) electrons. The number of amides is 2. The van der Waals surface area contributed by atoms with E-state index in [1.807, 2.05) is 32.1 Å². The van der Waals surface area contributed by atoms with Gasteiger partial charge in [-0.2, -0.15) is 0 Å². The number of ether oxygens (including phenoxy) is 1. The quantitative estimate of drug-likeness (QED) is 0.874. The van der Waals surface area contributed by atoms with E-state index in [0.717, 1.165) is 32.5 Å². The summed E-state index contributed by atoms with van der Waals surface area (Å²) < 4.78 is 5.43. The lowest BCUT2D eigenvalue weighted by atomic mass is 10.1. The minimum atomic E-state index is -0.546. The lowest BCUT2D eigenvalue weighted by Gasteiger charge is -2.29. The summed E-state index contributed by atoms with van der Waals surface area (Å²) in [5.74, 6) is -0.0680. The fourth-order valence-electron chi connectivity index (χ4n) is 3.53. The average Bonchev–Trinajstić information content (AvgIpc) is 3.22. The predicted molar refractivity (Wildman–Crippen MR) is 102 cm³/mol. The number of nitrogens with zero attached hydrogens (tertiary/aromatic N) is 2. The van der Waals surface area contributed by atoms with Gasteiger partial charge in [0.2, 0.25) is 5.91 Å². The van der Waals surface area contributed by atoms with E-state index in [4.69, 9.17) is 4.74 Å². The van der Waals surface area contributed by atoms with Gasteiger partial charge in [0.15, 0.2) is 0 Å². The molecule has 26 heavy (non-hydrogen) atoms. The summed E-state index contributed by atoms with van der Waals surface area (Å²) in [5.41, 5.74) is 0.870. The van der Waals surface area contributed by atoms with E-state index < -0.39 is 17.7 Å². The summed E-state index contributed by atoms with van der Waals surface area (Å²) in [5, 5.41) is 5.16. The molecule has 6 nitrogen and oxygen atoms in total. The molecule has 1 saturated heterocycles. The van der Waals surface area contributed by atoms with Crippen LogP contribution in [0.5, 0.6) is 0 Å². The van der Waals surface area contributed by atoms with Crippen LogP contribution < -0.4 is 5.32 Å².